The van der Waals surface area contributed by atoms with E-state index in [9.17, 15) is 4.79 Å². The standard InChI is InChI=1S/C14H18N4O2S/c1-4-21-14-16-13(17-18-14)15-12(19)8-20-11-6-5-9(2)10(3)7-11/h5-7H,4,8H2,1-3H3,(H2,15,16,17,18,19). The second-order valence-electron chi connectivity index (χ2n) is 4.48. The molecule has 7 heteroatoms. The van der Waals surface area contributed by atoms with Crippen molar-refractivity contribution in [3.8, 4) is 5.75 Å². The molecule has 2 aromatic rings. The van der Waals surface area contributed by atoms with Crippen molar-refractivity contribution in [1.82, 2.24) is 15.2 Å². The minimum atomic E-state index is -0.280. The summed E-state index contributed by atoms with van der Waals surface area (Å²) in [6, 6.07) is 5.72. The summed E-state index contributed by atoms with van der Waals surface area (Å²) in [6.07, 6.45) is 0. The molecule has 0 atom stereocenters. The fraction of sp³-hybridized carbons (Fsp3) is 0.357. The van der Waals surface area contributed by atoms with Gasteiger partial charge in [0.1, 0.15) is 5.75 Å². The highest BCUT2D eigenvalue weighted by atomic mass is 32.2. The summed E-state index contributed by atoms with van der Waals surface area (Å²) in [4.78, 5) is 15.9. The van der Waals surface area contributed by atoms with E-state index >= 15 is 0 Å². The third-order valence-electron chi connectivity index (χ3n) is 2.84. The van der Waals surface area contributed by atoms with Crippen LogP contribution >= 0.6 is 11.8 Å². The summed E-state index contributed by atoms with van der Waals surface area (Å²) in [5, 5.41) is 9.86. The van der Waals surface area contributed by atoms with Crippen LogP contribution in [0.1, 0.15) is 18.1 Å². The first-order chi connectivity index (χ1) is 10.1. The van der Waals surface area contributed by atoms with Crippen molar-refractivity contribution >= 4 is 23.6 Å². The SMILES string of the molecule is CCSc1n[nH]c(NC(=O)COc2ccc(C)c(C)c2)n1. The van der Waals surface area contributed by atoms with Crippen LogP contribution < -0.4 is 10.1 Å². The van der Waals surface area contributed by atoms with Crippen molar-refractivity contribution in [2.45, 2.75) is 25.9 Å². The molecular weight excluding hydrogens is 288 g/mol. The number of anilines is 1. The molecular formula is C14H18N4O2S. The van der Waals surface area contributed by atoms with Gasteiger partial charge in [0.2, 0.25) is 11.1 Å². The minimum Gasteiger partial charge on any atom is -0.484 e. The van der Waals surface area contributed by atoms with Crippen molar-refractivity contribution in [2.75, 3.05) is 17.7 Å². The number of aromatic nitrogens is 3. The van der Waals surface area contributed by atoms with E-state index in [-0.39, 0.29) is 12.5 Å². The second kappa shape index (κ2) is 7.12. The predicted octanol–water partition coefficient (Wildman–Crippen LogP) is 2.55. The molecule has 1 aromatic heterocycles. The first-order valence-electron chi connectivity index (χ1n) is 6.63. The highest BCUT2D eigenvalue weighted by Crippen LogP contribution is 2.16. The van der Waals surface area contributed by atoms with Gasteiger partial charge in [-0.25, -0.2) is 5.10 Å². The molecule has 2 rings (SSSR count). The van der Waals surface area contributed by atoms with Crippen LogP contribution in [0.2, 0.25) is 0 Å². The summed E-state index contributed by atoms with van der Waals surface area (Å²) >= 11 is 1.50. The van der Waals surface area contributed by atoms with Gasteiger partial charge in [-0.1, -0.05) is 24.8 Å². The summed E-state index contributed by atoms with van der Waals surface area (Å²) < 4.78 is 5.45. The molecule has 0 aliphatic carbocycles. The van der Waals surface area contributed by atoms with Crippen LogP contribution in [0.15, 0.2) is 23.4 Å². The number of carbonyl (C=O) groups is 1. The van der Waals surface area contributed by atoms with E-state index in [4.69, 9.17) is 4.74 Å². The molecule has 0 fully saturated rings. The van der Waals surface area contributed by atoms with Crippen LogP contribution in [-0.2, 0) is 4.79 Å². The zero-order chi connectivity index (χ0) is 15.2. The van der Waals surface area contributed by atoms with E-state index in [1.807, 2.05) is 39.0 Å². The number of H-pyrrole nitrogens is 1. The molecule has 112 valence electrons. The Morgan fingerprint density at radius 3 is 2.90 bits per heavy atom. The maximum absolute atomic E-state index is 11.8. The van der Waals surface area contributed by atoms with E-state index in [2.05, 4.69) is 20.5 Å². The van der Waals surface area contributed by atoms with Crippen LogP contribution in [0.4, 0.5) is 5.95 Å². The number of hydrogen-bond acceptors (Lipinski definition) is 5. The quantitative estimate of drug-likeness (QED) is 0.802. The normalized spacial score (nSPS) is 10.4. The van der Waals surface area contributed by atoms with Gasteiger partial charge < -0.3 is 4.74 Å². The highest BCUT2D eigenvalue weighted by molar-refractivity contribution is 7.99. The number of aryl methyl sites for hydroxylation is 2. The molecule has 0 saturated heterocycles. The number of thioether (sulfide) groups is 1. The number of carbonyl (C=O) groups excluding carboxylic acids is 1. The Morgan fingerprint density at radius 1 is 1.38 bits per heavy atom. The lowest BCUT2D eigenvalue weighted by molar-refractivity contribution is -0.118. The lowest BCUT2D eigenvalue weighted by Gasteiger charge is -2.07. The van der Waals surface area contributed by atoms with Gasteiger partial charge in [-0.2, -0.15) is 4.98 Å². The minimum absolute atomic E-state index is 0.0700. The first-order valence-corrected chi connectivity index (χ1v) is 7.62. The number of hydrogen-bond donors (Lipinski definition) is 2. The molecule has 21 heavy (non-hydrogen) atoms. The lowest BCUT2D eigenvalue weighted by Crippen LogP contribution is -2.20. The van der Waals surface area contributed by atoms with Gasteiger partial charge in [0.25, 0.3) is 5.91 Å². The second-order valence-corrected chi connectivity index (χ2v) is 5.71. The Hall–Kier alpha value is -2.02. The maximum Gasteiger partial charge on any atom is 0.264 e. The summed E-state index contributed by atoms with van der Waals surface area (Å²) in [5.41, 5.74) is 2.32. The summed E-state index contributed by atoms with van der Waals surface area (Å²) in [6.45, 7) is 5.97. The average molecular weight is 306 g/mol. The van der Waals surface area contributed by atoms with Gasteiger partial charge in [0.15, 0.2) is 6.61 Å². The molecule has 0 unspecified atom stereocenters. The number of rotatable bonds is 6. The maximum atomic E-state index is 11.8. The molecule has 1 heterocycles. The van der Waals surface area contributed by atoms with Gasteiger partial charge in [0, 0.05) is 0 Å². The number of amides is 1. The third kappa shape index (κ3) is 4.49. The smallest absolute Gasteiger partial charge is 0.264 e. The molecule has 1 aromatic carbocycles. The van der Waals surface area contributed by atoms with Crippen LogP contribution in [0.25, 0.3) is 0 Å². The monoisotopic (exact) mass is 306 g/mol. The molecule has 6 nitrogen and oxygen atoms in total. The molecule has 2 N–H and O–H groups in total. The van der Waals surface area contributed by atoms with Crippen molar-refractivity contribution in [3.63, 3.8) is 0 Å². The van der Waals surface area contributed by atoms with E-state index in [0.29, 0.717) is 16.9 Å². The highest BCUT2D eigenvalue weighted by Gasteiger charge is 2.08. The van der Waals surface area contributed by atoms with Crippen molar-refractivity contribution in [3.05, 3.63) is 29.3 Å². The van der Waals surface area contributed by atoms with E-state index in [1.165, 1.54) is 17.3 Å². The Labute approximate surface area is 127 Å². The molecule has 0 aliphatic rings. The van der Waals surface area contributed by atoms with Gasteiger partial charge in [-0.15, -0.1) is 5.10 Å². The molecule has 0 radical (unpaired) electrons. The zero-order valence-corrected chi connectivity index (χ0v) is 13.1. The van der Waals surface area contributed by atoms with Crippen LogP contribution in [0, 0.1) is 13.8 Å². The van der Waals surface area contributed by atoms with Gasteiger partial charge in [-0.05, 0) is 42.9 Å². The molecule has 0 aliphatic heterocycles. The fourth-order valence-corrected chi connectivity index (χ4v) is 2.14. The zero-order valence-electron chi connectivity index (χ0n) is 12.3. The van der Waals surface area contributed by atoms with Crippen molar-refractivity contribution in [1.29, 1.82) is 0 Å². The Balaban J connectivity index is 1.85. The number of nitrogens with zero attached hydrogens (tertiary/aromatic N) is 2. The molecule has 0 bridgehead atoms. The predicted molar refractivity (Wildman–Crippen MR) is 82.8 cm³/mol. The molecule has 1 amide bonds. The van der Waals surface area contributed by atoms with E-state index in [0.717, 1.165) is 11.3 Å². The number of benzene rings is 1. The lowest BCUT2D eigenvalue weighted by atomic mass is 10.1. The Kier molecular flexibility index (Phi) is 5.21. The number of nitrogens with one attached hydrogen (secondary N) is 2. The van der Waals surface area contributed by atoms with Crippen molar-refractivity contribution < 1.29 is 9.53 Å². The van der Waals surface area contributed by atoms with Gasteiger partial charge in [0.05, 0.1) is 0 Å². The molecule has 0 saturated carbocycles. The third-order valence-corrected chi connectivity index (χ3v) is 3.57. The summed E-state index contributed by atoms with van der Waals surface area (Å²) in [5.74, 6) is 1.60. The van der Waals surface area contributed by atoms with Crippen molar-refractivity contribution in [2.24, 2.45) is 0 Å². The number of aromatic amines is 1. The average Bonchev–Trinajstić information content (AvgIpc) is 2.88. The fourth-order valence-electron chi connectivity index (χ4n) is 1.62. The van der Waals surface area contributed by atoms with Gasteiger partial charge >= 0.3 is 0 Å². The van der Waals surface area contributed by atoms with Gasteiger partial charge in [-0.3, -0.25) is 10.1 Å². The van der Waals surface area contributed by atoms with E-state index in [1.54, 1.807) is 0 Å². The topological polar surface area (TPSA) is 79.9 Å². The van der Waals surface area contributed by atoms with Crippen LogP contribution in [0.5, 0.6) is 5.75 Å². The van der Waals surface area contributed by atoms with Crippen LogP contribution in [0.3, 0.4) is 0 Å². The number of ether oxygens (including phenoxy) is 1. The Bertz CT molecular complexity index is 627. The molecule has 0 spiro atoms. The largest absolute Gasteiger partial charge is 0.484 e. The first kappa shape index (κ1) is 15.4. The van der Waals surface area contributed by atoms with E-state index < -0.39 is 0 Å². The van der Waals surface area contributed by atoms with Crippen LogP contribution in [-0.4, -0.2) is 33.4 Å². The Morgan fingerprint density at radius 2 is 2.19 bits per heavy atom. The summed E-state index contributed by atoms with van der Waals surface area (Å²) in [7, 11) is 0.